The number of methoxy groups -OCH3 is 1. The molecule has 0 spiro atoms. The van der Waals surface area contributed by atoms with Gasteiger partial charge in [0.2, 0.25) is 0 Å². The first-order valence-electron chi connectivity index (χ1n) is 7.67. The van der Waals surface area contributed by atoms with Crippen LogP contribution in [0.5, 0.6) is 0 Å². The topological polar surface area (TPSA) is 24.5 Å². The van der Waals surface area contributed by atoms with Crippen molar-refractivity contribution in [3.63, 3.8) is 0 Å². The Bertz CT molecular complexity index is 390. The first-order valence-corrected chi connectivity index (χ1v) is 7.67. The Kier molecular flexibility index (Phi) is 6.02. The lowest BCUT2D eigenvalue weighted by Crippen LogP contribution is -2.21. The molecule has 1 saturated heterocycles. The van der Waals surface area contributed by atoms with Crippen molar-refractivity contribution in [3.8, 4) is 0 Å². The highest BCUT2D eigenvalue weighted by Gasteiger charge is 2.22. The minimum atomic E-state index is 0.576. The van der Waals surface area contributed by atoms with Crippen LogP contribution < -0.4 is 5.32 Å². The zero-order valence-electron chi connectivity index (χ0n) is 13.1. The van der Waals surface area contributed by atoms with Crippen molar-refractivity contribution in [2.75, 3.05) is 40.4 Å². The lowest BCUT2D eigenvalue weighted by molar-refractivity contribution is 0.152. The van der Waals surface area contributed by atoms with E-state index in [-0.39, 0.29) is 0 Å². The number of nitrogens with one attached hydrogen (secondary N) is 1. The van der Waals surface area contributed by atoms with Crippen LogP contribution in [0.15, 0.2) is 24.3 Å². The van der Waals surface area contributed by atoms with Gasteiger partial charge in [0.15, 0.2) is 0 Å². The predicted octanol–water partition coefficient (Wildman–Crippen LogP) is 2.48. The Hall–Kier alpha value is -0.900. The highest BCUT2D eigenvalue weighted by Crippen LogP contribution is 2.20. The van der Waals surface area contributed by atoms with Gasteiger partial charge in [0.05, 0.1) is 6.61 Å². The maximum atomic E-state index is 5.26. The van der Waals surface area contributed by atoms with Crippen molar-refractivity contribution >= 4 is 0 Å². The Morgan fingerprint density at radius 3 is 2.75 bits per heavy atom. The van der Waals surface area contributed by atoms with Crippen molar-refractivity contribution in [3.05, 3.63) is 35.4 Å². The van der Waals surface area contributed by atoms with E-state index >= 15 is 0 Å². The van der Waals surface area contributed by atoms with E-state index in [2.05, 4.69) is 41.4 Å². The molecule has 20 heavy (non-hydrogen) atoms. The molecule has 0 aromatic heterocycles. The molecule has 2 rings (SSSR count). The fourth-order valence-electron chi connectivity index (χ4n) is 3.06. The van der Waals surface area contributed by atoms with Crippen molar-refractivity contribution < 1.29 is 4.74 Å². The van der Waals surface area contributed by atoms with Crippen LogP contribution >= 0.6 is 0 Å². The van der Waals surface area contributed by atoms with E-state index in [1.165, 1.54) is 30.6 Å². The van der Waals surface area contributed by atoms with Gasteiger partial charge < -0.3 is 10.1 Å². The Morgan fingerprint density at radius 2 is 2.10 bits per heavy atom. The summed E-state index contributed by atoms with van der Waals surface area (Å²) in [5.41, 5.74) is 2.84. The second-order valence-corrected chi connectivity index (χ2v) is 6.05. The van der Waals surface area contributed by atoms with Gasteiger partial charge in [-0.25, -0.2) is 0 Å². The SMILES string of the molecule is CNCC(C)c1ccc(CN2CCC(COC)C2)cc1. The zero-order valence-corrected chi connectivity index (χ0v) is 13.1. The number of hydrogen-bond donors (Lipinski definition) is 1. The van der Waals surface area contributed by atoms with Gasteiger partial charge in [-0.2, -0.15) is 0 Å². The van der Waals surface area contributed by atoms with Gasteiger partial charge in [-0.1, -0.05) is 31.2 Å². The molecule has 3 nitrogen and oxygen atoms in total. The molecular formula is C17H28N2O. The van der Waals surface area contributed by atoms with E-state index < -0.39 is 0 Å². The van der Waals surface area contributed by atoms with Crippen LogP contribution in [0, 0.1) is 5.92 Å². The highest BCUT2D eigenvalue weighted by atomic mass is 16.5. The van der Waals surface area contributed by atoms with Crippen LogP contribution in [0.2, 0.25) is 0 Å². The summed E-state index contributed by atoms with van der Waals surface area (Å²) in [6, 6.07) is 9.12. The summed E-state index contributed by atoms with van der Waals surface area (Å²) >= 11 is 0. The summed E-state index contributed by atoms with van der Waals surface area (Å²) in [5.74, 6) is 1.29. The number of rotatable bonds is 7. The molecule has 0 radical (unpaired) electrons. The number of benzene rings is 1. The number of nitrogens with zero attached hydrogens (tertiary/aromatic N) is 1. The van der Waals surface area contributed by atoms with E-state index in [4.69, 9.17) is 4.74 Å². The molecule has 112 valence electrons. The maximum absolute atomic E-state index is 5.26. The Labute approximate surface area is 123 Å². The predicted molar refractivity (Wildman–Crippen MR) is 84.0 cm³/mol. The Balaban J connectivity index is 1.85. The number of likely N-dealkylation sites (N-methyl/N-ethyl adjacent to an activating group) is 1. The van der Waals surface area contributed by atoms with Gasteiger partial charge >= 0.3 is 0 Å². The van der Waals surface area contributed by atoms with E-state index in [1.807, 2.05) is 7.05 Å². The minimum absolute atomic E-state index is 0.576. The molecule has 1 aliphatic rings. The number of likely N-dealkylation sites (tertiary alicyclic amines) is 1. The van der Waals surface area contributed by atoms with Crippen LogP contribution in [-0.2, 0) is 11.3 Å². The van der Waals surface area contributed by atoms with Crippen molar-refractivity contribution in [2.45, 2.75) is 25.8 Å². The highest BCUT2D eigenvalue weighted by molar-refractivity contribution is 5.25. The van der Waals surface area contributed by atoms with Crippen LogP contribution in [0.4, 0.5) is 0 Å². The molecule has 1 aromatic carbocycles. The summed E-state index contributed by atoms with van der Waals surface area (Å²) in [4.78, 5) is 2.54. The van der Waals surface area contributed by atoms with E-state index in [9.17, 15) is 0 Å². The van der Waals surface area contributed by atoms with Crippen LogP contribution in [0.25, 0.3) is 0 Å². The van der Waals surface area contributed by atoms with E-state index in [0.29, 0.717) is 5.92 Å². The van der Waals surface area contributed by atoms with E-state index in [1.54, 1.807) is 7.11 Å². The second kappa shape index (κ2) is 7.77. The molecule has 0 saturated carbocycles. The van der Waals surface area contributed by atoms with Crippen LogP contribution in [-0.4, -0.2) is 45.3 Å². The summed E-state index contributed by atoms with van der Waals surface area (Å²) in [6.45, 7) is 7.64. The fraction of sp³-hybridized carbons (Fsp3) is 0.647. The molecule has 2 atom stereocenters. The van der Waals surface area contributed by atoms with Crippen molar-refractivity contribution in [1.29, 1.82) is 0 Å². The summed E-state index contributed by atoms with van der Waals surface area (Å²) < 4.78 is 5.26. The molecule has 1 aliphatic heterocycles. The largest absolute Gasteiger partial charge is 0.384 e. The molecule has 0 amide bonds. The van der Waals surface area contributed by atoms with Gasteiger partial charge in [0.25, 0.3) is 0 Å². The van der Waals surface area contributed by atoms with Gasteiger partial charge in [-0.3, -0.25) is 4.90 Å². The number of hydrogen-bond acceptors (Lipinski definition) is 3. The zero-order chi connectivity index (χ0) is 14.4. The fourth-order valence-corrected chi connectivity index (χ4v) is 3.06. The molecule has 3 heteroatoms. The normalized spacial score (nSPS) is 21.2. The first-order chi connectivity index (χ1) is 9.72. The molecule has 1 N–H and O–H groups in total. The molecule has 1 fully saturated rings. The second-order valence-electron chi connectivity index (χ2n) is 6.05. The molecule has 2 unspecified atom stereocenters. The quantitative estimate of drug-likeness (QED) is 0.828. The van der Waals surface area contributed by atoms with Crippen LogP contribution in [0.3, 0.4) is 0 Å². The third-order valence-electron chi connectivity index (χ3n) is 4.24. The maximum Gasteiger partial charge on any atom is 0.0503 e. The summed E-state index contributed by atoms with van der Waals surface area (Å²) in [6.07, 6.45) is 1.27. The standard InChI is InChI=1S/C17H28N2O/c1-14(10-18-2)17-6-4-15(5-7-17)11-19-9-8-16(12-19)13-20-3/h4-7,14,16,18H,8-13H2,1-3H3. The monoisotopic (exact) mass is 276 g/mol. The molecule has 1 aromatic rings. The van der Waals surface area contributed by atoms with Gasteiger partial charge in [-0.15, -0.1) is 0 Å². The van der Waals surface area contributed by atoms with Crippen molar-refractivity contribution in [2.24, 2.45) is 5.92 Å². The summed E-state index contributed by atoms with van der Waals surface area (Å²) in [5, 5.41) is 3.24. The smallest absolute Gasteiger partial charge is 0.0503 e. The molecule has 1 heterocycles. The van der Waals surface area contributed by atoms with Crippen LogP contribution in [0.1, 0.15) is 30.4 Å². The average molecular weight is 276 g/mol. The number of ether oxygens (including phenoxy) is 1. The minimum Gasteiger partial charge on any atom is -0.384 e. The van der Waals surface area contributed by atoms with E-state index in [0.717, 1.165) is 25.6 Å². The average Bonchev–Trinajstić information content (AvgIpc) is 2.88. The Morgan fingerprint density at radius 1 is 1.35 bits per heavy atom. The lowest BCUT2D eigenvalue weighted by atomic mass is 10.00. The lowest BCUT2D eigenvalue weighted by Gasteiger charge is -2.17. The molecule has 0 bridgehead atoms. The molecule has 0 aliphatic carbocycles. The summed E-state index contributed by atoms with van der Waals surface area (Å²) in [7, 11) is 3.81. The first kappa shape index (κ1) is 15.5. The third kappa shape index (κ3) is 4.30. The van der Waals surface area contributed by atoms with Crippen molar-refractivity contribution in [1.82, 2.24) is 10.2 Å². The van der Waals surface area contributed by atoms with Gasteiger partial charge in [0, 0.05) is 26.7 Å². The van der Waals surface area contributed by atoms with Gasteiger partial charge in [-0.05, 0) is 43.0 Å². The van der Waals surface area contributed by atoms with Gasteiger partial charge in [0.1, 0.15) is 0 Å². The third-order valence-corrected chi connectivity index (χ3v) is 4.24. The molecular weight excluding hydrogens is 248 g/mol.